The van der Waals surface area contributed by atoms with Crippen molar-refractivity contribution in [2.75, 3.05) is 0 Å². The van der Waals surface area contributed by atoms with Gasteiger partial charge in [-0.05, 0) is 38.8 Å². The van der Waals surface area contributed by atoms with Crippen LogP contribution in [-0.2, 0) is 16.6 Å². The average Bonchev–Trinajstić information content (AvgIpc) is 2.58. The van der Waals surface area contributed by atoms with Crippen LogP contribution in [0.3, 0.4) is 0 Å². The van der Waals surface area contributed by atoms with Crippen molar-refractivity contribution in [1.29, 1.82) is 0 Å². The highest BCUT2D eigenvalue weighted by Gasteiger charge is 2.27. The molecule has 1 aromatic heterocycles. The molecule has 0 saturated carbocycles. The Morgan fingerprint density at radius 3 is 2.50 bits per heavy atom. The normalized spacial score (nSPS) is 12.9. The molecule has 0 aromatic carbocycles. The first-order chi connectivity index (χ1) is 8.22. The van der Waals surface area contributed by atoms with Crippen molar-refractivity contribution < 1.29 is 8.42 Å². The molecule has 4 nitrogen and oxygen atoms in total. The summed E-state index contributed by atoms with van der Waals surface area (Å²) in [5, 5.41) is 0. The second-order valence-electron chi connectivity index (χ2n) is 5.12. The quantitative estimate of drug-likeness (QED) is 0.845. The third kappa shape index (κ3) is 3.78. The molecule has 104 valence electrons. The minimum Gasteiger partial charge on any atom is -0.326 e. The van der Waals surface area contributed by atoms with Crippen molar-refractivity contribution in [1.82, 2.24) is 4.72 Å². The van der Waals surface area contributed by atoms with Crippen LogP contribution in [0.4, 0.5) is 0 Å². The fraction of sp³-hybridized carbons (Fsp3) is 0.667. The minimum absolute atomic E-state index is 0.352. The fourth-order valence-corrected chi connectivity index (χ4v) is 4.82. The summed E-state index contributed by atoms with van der Waals surface area (Å²) in [5.41, 5.74) is 6.10. The molecule has 0 unspecified atom stereocenters. The second kappa shape index (κ2) is 5.69. The summed E-state index contributed by atoms with van der Waals surface area (Å²) in [6.45, 7) is 8.11. The zero-order valence-electron chi connectivity index (χ0n) is 11.4. The first kappa shape index (κ1) is 15.6. The molecule has 0 atom stereocenters. The molecule has 0 radical (unpaired) electrons. The van der Waals surface area contributed by atoms with Crippen LogP contribution in [0.2, 0.25) is 0 Å². The SMILES string of the molecule is CCCC(C)(C)NS(=O)(=O)c1cc(C)c(CN)s1. The van der Waals surface area contributed by atoms with Crippen LogP contribution in [0, 0.1) is 6.92 Å². The highest BCUT2D eigenvalue weighted by Crippen LogP contribution is 2.27. The summed E-state index contributed by atoms with van der Waals surface area (Å²) in [6, 6.07) is 1.69. The van der Waals surface area contributed by atoms with Crippen molar-refractivity contribution in [3.63, 3.8) is 0 Å². The molecule has 0 aliphatic carbocycles. The van der Waals surface area contributed by atoms with Crippen molar-refractivity contribution in [2.45, 2.75) is 56.8 Å². The number of sulfonamides is 1. The van der Waals surface area contributed by atoms with Gasteiger partial charge in [-0.3, -0.25) is 0 Å². The molecule has 0 bridgehead atoms. The van der Waals surface area contributed by atoms with Gasteiger partial charge in [0.25, 0.3) is 10.0 Å². The van der Waals surface area contributed by atoms with E-state index < -0.39 is 15.6 Å². The first-order valence-corrected chi connectivity index (χ1v) is 8.35. The summed E-state index contributed by atoms with van der Waals surface area (Å²) in [4.78, 5) is 0.920. The maximum atomic E-state index is 12.3. The fourth-order valence-electron chi connectivity index (χ4n) is 1.91. The van der Waals surface area contributed by atoms with Gasteiger partial charge in [-0.1, -0.05) is 13.3 Å². The van der Waals surface area contributed by atoms with Crippen LogP contribution in [0.5, 0.6) is 0 Å². The topological polar surface area (TPSA) is 72.2 Å². The van der Waals surface area contributed by atoms with Crippen LogP contribution >= 0.6 is 11.3 Å². The average molecular weight is 290 g/mol. The van der Waals surface area contributed by atoms with E-state index >= 15 is 0 Å². The second-order valence-corrected chi connectivity index (χ2v) is 8.16. The predicted molar refractivity (Wildman–Crippen MR) is 76.3 cm³/mol. The predicted octanol–water partition coefficient (Wildman–Crippen LogP) is 2.37. The Balaban J connectivity index is 2.99. The highest BCUT2D eigenvalue weighted by atomic mass is 32.2. The van der Waals surface area contributed by atoms with Gasteiger partial charge in [-0.15, -0.1) is 11.3 Å². The Morgan fingerprint density at radius 1 is 1.44 bits per heavy atom. The Morgan fingerprint density at radius 2 is 2.06 bits per heavy atom. The summed E-state index contributed by atoms with van der Waals surface area (Å²) < 4.78 is 27.6. The van der Waals surface area contributed by atoms with Crippen LogP contribution in [0.15, 0.2) is 10.3 Å². The maximum absolute atomic E-state index is 12.3. The monoisotopic (exact) mass is 290 g/mol. The zero-order valence-corrected chi connectivity index (χ0v) is 13.0. The van der Waals surface area contributed by atoms with Crippen molar-refractivity contribution in [3.8, 4) is 0 Å². The smallest absolute Gasteiger partial charge is 0.250 e. The first-order valence-electron chi connectivity index (χ1n) is 6.05. The van der Waals surface area contributed by atoms with Crippen molar-refractivity contribution in [2.24, 2.45) is 5.73 Å². The number of nitrogens with two attached hydrogens (primary N) is 1. The van der Waals surface area contributed by atoms with Crippen molar-refractivity contribution in [3.05, 3.63) is 16.5 Å². The Labute approximate surface area is 114 Å². The minimum atomic E-state index is -3.44. The lowest BCUT2D eigenvalue weighted by atomic mass is 10.0. The van der Waals surface area contributed by atoms with Gasteiger partial charge in [0.1, 0.15) is 4.21 Å². The summed E-state index contributed by atoms with van der Waals surface area (Å²) in [7, 11) is -3.44. The van der Waals surface area contributed by atoms with Gasteiger partial charge in [-0.25, -0.2) is 13.1 Å². The van der Waals surface area contributed by atoms with Crippen LogP contribution in [0.25, 0.3) is 0 Å². The molecular weight excluding hydrogens is 268 g/mol. The molecule has 6 heteroatoms. The lowest BCUT2D eigenvalue weighted by Crippen LogP contribution is -2.42. The third-order valence-corrected chi connectivity index (χ3v) is 6.17. The number of rotatable bonds is 6. The molecule has 0 aliphatic heterocycles. The lowest BCUT2D eigenvalue weighted by molar-refractivity contribution is 0.418. The molecule has 3 N–H and O–H groups in total. The van der Waals surface area contributed by atoms with E-state index in [-0.39, 0.29) is 0 Å². The van der Waals surface area contributed by atoms with Gasteiger partial charge in [0.15, 0.2) is 0 Å². The zero-order chi connectivity index (χ0) is 14.0. The summed E-state index contributed by atoms with van der Waals surface area (Å²) in [5.74, 6) is 0. The van der Waals surface area contributed by atoms with E-state index in [1.165, 1.54) is 11.3 Å². The lowest BCUT2D eigenvalue weighted by Gasteiger charge is -2.24. The highest BCUT2D eigenvalue weighted by molar-refractivity contribution is 7.91. The molecular formula is C12H22N2O2S2. The van der Waals surface area contributed by atoms with E-state index in [1.54, 1.807) is 6.07 Å². The van der Waals surface area contributed by atoms with Gasteiger partial charge < -0.3 is 5.73 Å². The third-order valence-electron chi connectivity index (χ3n) is 2.73. The number of thiophene rings is 1. The van der Waals surface area contributed by atoms with Crippen LogP contribution in [-0.4, -0.2) is 14.0 Å². The maximum Gasteiger partial charge on any atom is 0.250 e. The molecule has 0 spiro atoms. The Kier molecular flexibility index (Phi) is 4.94. The van der Waals surface area contributed by atoms with E-state index in [9.17, 15) is 8.42 Å². The van der Waals surface area contributed by atoms with Crippen LogP contribution in [0.1, 0.15) is 44.1 Å². The summed E-state index contributed by atoms with van der Waals surface area (Å²) in [6.07, 6.45) is 1.74. The molecule has 1 heterocycles. The number of nitrogens with one attached hydrogen (secondary N) is 1. The van der Waals surface area contributed by atoms with E-state index in [4.69, 9.17) is 5.73 Å². The number of hydrogen-bond donors (Lipinski definition) is 2. The van der Waals surface area contributed by atoms with Crippen LogP contribution < -0.4 is 10.5 Å². The molecule has 0 fully saturated rings. The van der Waals surface area contributed by atoms with Gasteiger partial charge in [0, 0.05) is 17.0 Å². The van der Waals surface area contributed by atoms with Gasteiger partial charge in [-0.2, -0.15) is 0 Å². The van der Waals surface area contributed by atoms with E-state index in [0.29, 0.717) is 10.8 Å². The summed E-state index contributed by atoms with van der Waals surface area (Å²) >= 11 is 1.25. The van der Waals surface area contributed by atoms with Gasteiger partial charge in [0.05, 0.1) is 0 Å². The Bertz CT molecular complexity index is 504. The molecule has 0 amide bonds. The number of aryl methyl sites for hydroxylation is 1. The van der Waals surface area contributed by atoms with E-state index in [2.05, 4.69) is 4.72 Å². The van der Waals surface area contributed by atoms with Gasteiger partial charge in [0.2, 0.25) is 0 Å². The van der Waals surface area contributed by atoms with E-state index in [0.717, 1.165) is 23.3 Å². The van der Waals surface area contributed by atoms with Crippen molar-refractivity contribution >= 4 is 21.4 Å². The number of hydrogen-bond acceptors (Lipinski definition) is 4. The van der Waals surface area contributed by atoms with E-state index in [1.807, 2.05) is 27.7 Å². The molecule has 0 saturated heterocycles. The Hall–Kier alpha value is -0.430. The molecule has 0 aliphatic rings. The molecule has 1 aromatic rings. The largest absolute Gasteiger partial charge is 0.326 e. The molecule has 18 heavy (non-hydrogen) atoms. The standard InChI is InChI=1S/C12H22N2O2S2/c1-5-6-12(3,4)14-18(15,16)11-7-9(2)10(8-13)17-11/h7,14H,5-6,8,13H2,1-4H3. The van der Waals surface area contributed by atoms with Gasteiger partial charge >= 0.3 is 0 Å². The molecule has 1 rings (SSSR count).